The van der Waals surface area contributed by atoms with E-state index in [2.05, 4.69) is 15.4 Å². The van der Waals surface area contributed by atoms with Gasteiger partial charge in [0.05, 0.1) is 24.8 Å². The van der Waals surface area contributed by atoms with Crippen LogP contribution in [0.5, 0.6) is 0 Å². The van der Waals surface area contributed by atoms with E-state index >= 15 is 0 Å². The number of methoxy groups -OCH3 is 1. The Morgan fingerprint density at radius 2 is 1.84 bits per heavy atom. The van der Waals surface area contributed by atoms with Gasteiger partial charge in [0.15, 0.2) is 0 Å². The van der Waals surface area contributed by atoms with Gasteiger partial charge in [-0.1, -0.05) is 0 Å². The van der Waals surface area contributed by atoms with Crippen LogP contribution in [0.15, 0.2) is 24.3 Å². The molecule has 2 N–H and O–H groups in total. The van der Waals surface area contributed by atoms with E-state index in [1.165, 1.54) is 19.2 Å². The fourth-order valence-corrected chi connectivity index (χ4v) is 3.04. The number of carbonyl (C=O) groups is 4. The van der Waals surface area contributed by atoms with Crippen LogP contribution < -0.4 is 10.6 Å². The van der Waals surface area contributed by atoms with Crippen LogP contribution in [-0.4, -0.2) is 74.1 Å². The zero-order valence-corrected chi connectivity index (χ0v) is 17.6. The second kappa shape index (κ2) is 11.7. The molecule has 1 aromatic carbocycles. The van der Waals surface area contributed by atoms with E-state index in [1.54, 1.807) is 24.0 Å². The number of benzene rings is 1. The average Bonchev–Trinajstić information content (AvgIpc) is 2.80. The monoisotopic (exact) mass is 430 g/mol. The second-order valence-corrected chi connectivity index (χ2v) is 7.07. The summed E-state index contributed by atoms with van der Waals surface area (Å²) in [4.78, 5) is 49.3. The van der Waals surface area contributed by atoms with Crippen LogP contribution in [0.1, 0.15) is 35.7 Å². The molecule has 0 spiro atoms. The van der Waals surface area contributed by atoms with Gasteiger partial charge in [0.25, 0.3) is 5.91 Å². The molecule has 1 heterocycles. The molecule has 31 heavy (non-hydrogen) atoms. The number of ether oxygens (including phenoxy) is 2. The SMILES string of the molecule is COC(=O)CNC(=O)COC1CCN(C(=O)[C@H](C)NC(=O)c2ccc(C#N)cc2)CC1. The number of nitrogens with one attached hydrogen (secondary N) is 2. The minimum Gasteiger partial charge on any atom is -0.468 e. The van der Waals surface area contributed by atoms with Gasteiger partial charge in [-0.3, -0.25) is 19.2 Å². The summed E-state index contributed by atoms with van der Waals surface area (Å²) in [7, 11) is 1.24. The van der Waals surface area contributed by atoms with Gasteiger partial charge in [-0.25, -0.2) is 0 Å². The van der Waals surface area contributed by atoms with Crippen LogP contribution in [0.3, 0.4) is 0 Å². The summed E-state index contributed by atoms with van der Waals surface area (Å²) in [5.74, 6) is -1.54. The van der Waals surface area contributed by atoms with Crippen molar-refractivity contribution < 1.29 is 28.7 Å². The molecule has 1 aliphatic heterocycles. The predicted molar refractivity (Wildman–Crippen MR) is 109 cm³/mol. The summed E-state index contributed by atoms with van der Waals surface area (Å²) in [5, 5.41) is 13.9. The third-order valence-electron chi connectivity index (χ3n) is 4.86. The number of rotatable bonds is 8. The maximum atomic E-state index is 12.6. The smallest absolute Gasteiger partial charge is 0.325 e. The highest BCUT2D eigenvalue weighted by Gasteiger charge is 2.27. The molecule has 0 aliphatic carbocycles. The van der Waals surface area contributed by atoms with E-state index < -0.39 is 17.9 Å². The van der Waals surface area contributed by atoms with Crippen LogP contribution in [0.25, 0.3) is 0 Å². The molecule has 0 radical (unpaired) electrons. The van der Waals surface area contributed by atoms with Gasteiger partial charge in [0, 0.05) is 18.7 Å². The largest absolute Gasteiger partial charge is 0.468 e. The lowest BCUT2D eigenvalue weighted by Crippen LogP contribution is -2.50. The fraction of sp³-hybridized carbons (Fsp3) is 0.476. The van der Waals surface area contributed by atoms with Gasteiger partial charge in [-0.2, -0.15) is 5.26 Å². The molecule has 166 valence electrons. The Balaban J connectivity index is 1.73. The van der Waals surface area contributed by atoms with Crippen molar-refractivity contribution in [3.05, 3.63) is 35.4 Å². The Morgan fingerprint density at radius 3 is 2.42 bits per heavy atom. The lowest BCUT2D eigenvalue weighted by atomic mass is 10.1. The third-order valence-corrected chi connectivity index (χ3v) is 4.86. The van der Waals surface area contributed by atoms with E-state index in [4.69, 9.17) is 10.00 Å². The van der Waals surface area contributed by atoms with Crippen molar-refractivity contribution in [1.82, 2.24) is 15.5 Å². The quantitative estimate of drug-likeness (QED) is 0.553. The molecule has 1 atom stereocenters. The Labute approximate surface area is 180 Å². The van der Waals surface area contributed by atoms with Crippen LogP contribution in [0, 0.1) is 11.3 Å². The topological polar surface area (TPSA) is 138 Å². The van der Waals surface area contributed by atoms with Gasteiger partial charge >= 0.3 is 5.97 Å². The first kappa shape index (κ1) is 23.8. The summed E-state index contributed by atoms with van der Waals surface area (Å²) in [6.07, 6.45) is 0.954. The molecule has 2 rings (SSSR count). The molecule has 0 bridgehead atoms. The van der Waals surface area contributed by atoms with E-state index in [1.807, 2.05) is 6.07 Å². The van der Waals surface area contributed by atoms with E-state index in [-0.39, 0.29) is 31.1 Å². The Bertz CT molecular complexity index is 840. The summed E-state index contributed by atoms with van der Waals surface area (Å²) in [6, 6.07) is 7.44. The fourth-order valence-electron chi connectivity index (χ4n) is 3.04. The Morgan fingerprint density at radius 1 is 1.19 bits per heavy atom. The highest BCUT2D eigenvalue weighted by molar-refractivity contribution is 5.97. The van der Waals surface area contributed by atoms with Gasteiger partial charge in [0.2, 0.25) is 11.8 Å². The normalized spacial score (nSPS) is 14.8. The van der Waals surface area contributed by atoms with Crippen molar-refractivity contribution >= 4 is 23.7 Å². The van der Waals surface area contributed by atoms with E-state index in [0.29, 0.717) is 37.1 Å². The molecule has 1 fully saturated rings. The lowest BCUT2D eigenvalue weighted by molar-refractivity contribution is -0.142. The highest BCUT2D eigenvalue weighted by Crippen LogP contribution is 2.15. The number of likely N-dealkylation sites (tertiary alicyclic amines) is 1. The van der Waals surface area contributed by atoms with Crippen molar-refractivity contribution in [1.29, 1.82) is 5.26 Å². The number of carbonyl (C=O) groups excluding carboxylic acids is 4. The molecule has 1 aliphatic rings. The van der Waals surface area contributed by atoms with E-state index in [9.17, 15) is 19.2 Å². The lowest BCUT2D eigenvalue weighted by Gasteiger charge is -2.33. The first-order chi connectivity index (χ1) is 14.8. The predicted octanol–water partition coefficient (Wildman–Crippen LogP) is -0.0266. The van der Waals surface area contributed by atoms with Crippen LogP contribution >= 0.6 is 0 Å². The second-order valence-electron chi connectivity index (χ2n) is 7.07. The maximum absolute atomic E-state index is 12.6. The van der Waals surface area contributed by atoms with E-state index in [0.717, 1.165) is 0 Å². The molecule has 1 aromatic rings. The first-order valence-electron chi connectivity index (χ1n) is 9.89. The average molecular weight is 430 g/mol. The number of nitriles is 1. The molecule has 0 saturated carbocycles. The Kier molecular flexibility index (Phi) is 8.96. The van der Waals surface area contributed by atoms with Crippen LogP contribution in [-0.2, 0) is 23.9 Å². The van der Waals surface area contributed by atoms with Gasteiger partial charge in [0.1, 0.15) is 19.2 Å². The number of hydrogen-bond acceptors (Lipinski definition) is 7. The van der Waals surface area contributed by atoms with Crippen molar-refractivity contribution in [2.45, 2.75) is 31.9 Å². The number of esters is 1. The van der Waals surface area contributed by atoms with Crippen molar-refractivity contribution in [2.75, 3.05) is 33.4 Å². The molecule has 10 nitrogen and oxygen atoms in total. The minimum absolute atomic E-state index is 0.170. The molecular formula is C21H26N4O6. The molecule has 3 amide bonds. The zero-order chi connectivity index (χ0) is 22.8. The molecular weight excluding hydrogens is 404 g/mol. The number of piperidine rings is 1. The summed E-state index contributed by atoms with van der Waals surface area (Å²) in [6.45, 7) is 2.14. The Hall–Kier alpha value is -3.45. The zero-order valence-electron chi connectivity index (χ0n) is 17.6. The van der Waals surface area contributed by atoms with Gasteiger partial charge in [-0.15, -0.1) is 0 Å². The molecule has 1 saturated heterocycles. The molecule has 10 heteroatoms. The highest BCUT2D eigenvalue weighted by atomic mass is 16.5. The summed E-state index contributed by atoms with van der Waals surface area (Å²) < 4.78 is 9.98. The first-order valence-corrected chi connectivity index (χ1v) is 9.89. The van der Waals surface area contributed by atoms with Gasteiger partial charge < -0.3 is 25.0 Å². The van der Waals surface area contributed by atoms with Crippen molar-refractivity contribution in [3.8, 4) is 6.07 Å². The summed E-state index contributed by atoms with van der Waals surface area (Å²) in [5.41, 5.74) is 0.822. The van der Waals surface area contributed by atoms with Crippen LogP contribution in [0.2, 0.25) is 0 Å². The maximum Gasteiger partial charge on any atom is 0.325 e. The van der Waals surface area contributed by atoms with Gasteiger partial charge in [-0.05, 0) is 44.0 Å². The third kappa shape index (κ3) is 7.38. The standard InChI is InChI=1S/C21H26N4O6/c1-14(24-20(28)16-5-3-15(11-22)4-6-16)21(29)25-9-7-17(8-10-25)31-13-18(26)23-12-19(27)30-2/h3-6,14,17H,7-10,12-13H2,1-2H3,(H,23,26)(H,24,28)/t14-/m0/s1. The summed E-state index contributed by atoms with van der Waals surface area (Å²) >= 11 is 0. The minimum atomic E-state index is -0.704. The van der Waals surface area contributed by atoms with Crippen LogP contribution in [0.4, 0.5) is 0 Å². The number of amides is 3. The van der Waals surface area contributed by atoms with Crippen molar-refractivity contribution in [3.63, 3.8) is 0 Å². The molecule has 0 aromatic heterocycles. The van der Waals surface area contributed by atoms with Crippen molar-refractivity contribution in [2.24, 2.45) is 0 Å². The number of nitrogens with zero attached hydrogens (tertiary/aromatic N) is 2. The molecule has 0 unspecified atom stereocenters. The number of hydrogen-bond donors (Lipinski definition) is 2.